The normalized spacial score (nSPS) is 20.4. The molecule has 0 amide bonds. The van der Waals surface area contributed by atoms with Crippen LogP contribution in [0.5, 0.6) is 5.75 Å². The quantitative estimate of drug-likeness (QED) is 0.844. The van der Waals surface area contributed by atoms with Crippen LogP contribution in [0.15, 0.2) is 18.2 Å². The van der Waals surface area contributed by atoms with Gasteiger partial charge >= 0.3 is 0 Å². The third-order valence-corrected chi connectivity index (χ3v) is 3.17. The van der Waals surface area contributed by atoms with Gasteiger partial charge in [0, 0.05) is 6.54 Å². The van der Waals surface area contributed by atoms with Gasteiger partial charge in [-0.2, -0.15) is 0 Å². The molecule has 2 nitrogen and oxygen atoms in total. The molecular formula is C14H21NO. The number of benzene rings is 1. The Bertz CT molecular complexity index is 354. The van der Waals surface area contributed by atoms with Crippen molar-refractivity contribution in [3.8, 4) is 5.75 Å². The molecule has 1 aliphatic rings. The minimum absolute atomic E-state index is 0.351. The van der Waals surface area contributed by atoms with Crippen molar-refractivity contribution < 1.29 is 4.74 Å². The van der Waals surface area contributed by atoms with Crippen LogP contribution >= 0.6 is 0 Å². The number of hydrogen-bond donors (Lipinski definition) is 1. The lowest BCUT2D eigenvalue weighted by Gasteiger charge is -2.16. The fourth-order valence-corrected chi connectivity index (χ4v) is 2.07. The van der Waals surface area contributed by atoms with Crippen LogP contribution in [0.3, 0.4) is 0 Å². The number of ether oxygens (including phenoxy) is 1. The highest BCUT2D eigenvalue weighted by atomic mass is 16.5. The Morgan fingerprint density at radius 3 is 2.75 bits per heavy atom. The molecule has 88 valence electrons. The fourth-order valence-electron chi connectivity index (χ4n) is 2.07. The molecule has 0 bridgehead atoms. The van der Waals surface area contributed by atoms with Crippen molar-refractivity contribution in [1.29, 1.82) is 0 Å². The van der Waals surface area contributed by atoms with Gasteiger partial charge in [0.05, 0.1) is 0 Å². The lowest BCUT2D eigenvalue weighted by atomic mass is 10.0. The van der Waals surface area contributed by atoms with Gasteiger partial charge in [-0.1, -0.05) is 26.0 Å². The molecule has 1 unspecified atom stereocenters. The second-order valence-electron chi connectivity index (χ2n) is 4.91. The number of nitrogens with one attached hydrogen (secondary N) is 1. The predicted octanol–water partition coefficient (Wildman–Crippen LogP) is 2.86. The molecule has 0 radical (unpaired) electrons. The molecule has 1 fully saturated rings. The number of rotatable bonds is 3. The molecule has 1 aromatic carbocycles. The molecule has 2 heteroatoms. The van der Waals surface area contributed by atoms with Crippen molar-refractivity contribution in [3.05, 3.63) is 29.3 Å². The minimum atomic E-state index is 0.351. The number of aryl methyl sites for hydroxylation is 1. The molecule has 1 saturated heterocycles. The highest BCUT2D eigenvalue weighted by Gasteiger charge is 2.16. The van der Waals surface area contributed by atoms with E-state index >= 15 is 0 Å². The van der Waals surface area contributed by atoms with Gasteiger partial charge in [-0.15, -0.1) is 0 Å². The van der Waals surface area contributed by atoms with Crippen molar-refractivity contribution in [3.63, 3.8) is 0 Å². The first kappa shape index (κ1) is 11.5. The summed E-state index contributed by atoms with van der Waals surface area (Å²) in [5.74, 6) is 1.62. The second kappa shape index (κ2) is 4.88. The van der Waals surface area contributed by atoms with Crippen LogP contribution < -0.4 is 10.1 Å². The van der Waals surface area contributed by atoms with Crippen molar-refractivity contribution in [2.75, 3.05) is 13.1 Å². The van der Waals surface area contributed by atoms with E-state index in [0.717, 1.165) is 25.3 Å². The lowest BCUT2D eigenvalue weighted by Crippen LogP contribution is -2.19. The zero-order chi connectivity index (χ0) is 11.5. The van der Waals surface area contributed by atoms with E-state index in [1.807, 2.05) is 0 Å². The molecule has 0 aliphatic carbocycles. The van der Waals surface area contributed by atoms with E-state index in [1.54, 1.807) is 0 Å². The first-order chi connectivity index (χ1) is 7.66. The molecule has 1 N–H and O–H groups in total. The summed E-state index contributed by atoms with van der Waals surface area (Å²) in [5, 5.41) is 3.32. The first-order valence-corrected chi connectivity index (χ1v) is 6.14. The Morgan fingerprint density at radius 2 is 2.19 bits per heavy atom. The lowest BCUT2D eigenvalue weighted by molar-refractivity contribution is 0.221. The van der Waals surface area contributed by atoms with Gasteiger partial charge in [0.2, 0.25) is 0 Å². The molecule has 0 aromatic heterocycles. The Balaban J connectivity index is 2.09. The van der Waals surface area contributed by atoms with E-state index < -0.39 is 0 Å². The maximum Gasteiger partial charge on any atom is 0.122 e. The van der Waals surface area contributed by atoms with Gasteiger partial charge in [-0.05, 0) is 43.0 Å². The molecule has 1 aliphatic heterocycles. The maximum atomic E-state index is 5.98. The highest BCUT2D eigenvalue weighted by Crippen LogP contribution is 2.25. The van der Waals surface area contributed by atoms with E-state index in [9.17, 15) is 0 Å². The number of hydrogen-bond acceptors (Lipinski definition) is 2. The molecule has 16 heavy (non-hydrogen) atoms. The Labute approximate surface area is 98.0 Å². The average Bonchev–Trinajstić information content (AvgIpc) is 2.73. The van der Waals surface area contributed by atoms with Gasteiger partial charge in [0.1, 0.15) is 11.9 Å². The van der Waals surface area contributed by atoms with Gasteiger partial charge in [-0.3, -0.25) is 0 Å². The summed E-state index contributed by atoms with van der Waals surface area (Å²) in [6, 6.07) is 6.53. The van der Waals surface area contributed by atoms with Gasteiger partial charge in [-0.25, -0.2) is 0 Å². The fraction of sp³-hybridized carbons (Fsp3) is 0.571. The summed E-state index contributed by atoms with van der Waals surface area (Å²) < 4.78 is 5.98. The maximum absolute atomic E-state index is 5.98. The van der Waals surface area contributed by atoms with E-state index in [2.05, 4.69) is 44.3 Å². The van der Waals surface area contributed by atoms with Crippen LogP contribution in [0, 0.1) is 6.92 Å². The Hall–Kier alpha value is -1.02. The van der Waals surface area contributed by atoms with Crippen molar-refractivity contribution in [2.45, 2.75) is 39.2 Å². The zero-order valence-corrected chi connectivity index (χ0v) is 10.4. The van der Waals surface area contributed by atoms with E-state index in [1.165, 1.54) is 11.1 Å². The van der Waals surface area contributed by atoms with E-state index in [-0.39, 0.29) is 0 Å². The monoisotopic (exact) mass is 219 g/mol. The summed E-state index contributed by atoms with van der Waals surface area (Å²) in [6.07, 6.45) is 1.47. The molecule has 1 atom stereocenters. The van der Waals surface area contributed by atoms with Crippen molar-refractivity contribution in [1.82, 2.24) is 5.32 Å². The molecule has 1 heterocycles. The van der Waals surface area contributed by atoms with Crippen LogP contribution in [0.1, 0.15) is 37.3 Å². The zero-order valence-electron chi connectivity index (χ0n) is 10.4. The largest absolute Gasteiger partial charge is 0.489 e. The molecule has 1 aromatic rings. The Morgan fingerprint density at radius 1 is 1.38 bits per heavy atom. The predicted molar refractivity (Wildman–Crippen MR) is 67.2 cm³/mol. The summed E-state index contributed by atoms with van der Waals surface area (Å²) >= 11 is 0. The summed E-state index contributed by atoms with van der Waals surface area (Å²) in [7, 11) is 0. The third kappa shape index (κ3) is 2.56. The van der Waals surface area contributed by atoms with Gasteiger partial charge < -0.3 is 10.1 Å². The average molecular weight is 219 g/mol. The first-order valence-electron chi connectivity index (χ1n) is 6.14. The Kier molecular flexibility index (Phi) is 3.49. The second-order valence-corrected chi connectivity index (χ2v) is 4.91. The SMILES string of the molecule is Cc1cc(C(C)C)ccc1OC1CCNC1. The van der Waals surface area contributed by atoms with Gasteiger partial charge in [0.25, 0.3) is 0 Å². The topological polar surface area (TPSA) is 21.3 Å². The summed E-state index contributed by atoms with van der Waals surface area (Å²) in [4.78, 5) is 0. The van der Waals surface area contributed by atoms with Crippen LogP contribution in [0.4, 0.5) is 0 Å². The smallest absolute Gasteiger partial charge is 0.122 e. The van der Waals surface area contributed by atoms with Crippen LogP contribution in [0.25, 0.3) is 0 Å². The minimum Gasteiger partial charge on any atom is -0.489 e. The molecule has 0 saturated carbocycles. The molecular weight excluding hydrogens is 198 g/mol. The highest BCUT2D eigenvalue weighted by molar-refractivity contribution is 5.37. The molecule has 0 spiro atoms. The third-order valence-electron chi connectivity index (χ3n) is 3.17. The van der Waals surface area contributed by atoms with Crippen LogP contribution in [0.2, 0.25) is 0 Å². The van der Waals surface area contributed by atoms with Crippen molar-refractivity contribution >= 4 is 0 Å². The van der Waals surface area contributed by atoms with E-state index in [0.29, 0.717) is 12.0 Å². The standard InChI is InChI=1S/C14H21NO/c1-10(2)12-4-5-14(11(3)8-12)16-13-6-7-15-9-13/h4-5,8,10,13,15H,6-7,9H2,1-3H3. The van der Waals surface area contributed by atoms with E-state index in [4.69, 9.17) is 4.74 Å². The van der Waals surface area contributed by atoms with Gasteiger partial charge in [0.15, 0.2) is 0 Å². The van der Waals surface area contributed by atoms with Crippen LogP contribution in [-0.4, -0.2) is 19.2 Å². The molecule has 2 rings (SSSR count). The van der Waals surface area contributed by atoms with Crippen LogP contribution in [-0.2, 0) is 0 Å². The van der Waals surface area contributed by atoms with Crippen molar-refractivity contribution in [2.24, 2.45) is 0 Å². The summed E-state index contributed by atoms with van der Waals surface area (Å²) in [5.41, 5.74) is 2.63. The summed E-state index contributed by atoms with van der Waals surface area (Å²) in [6.45, 7) is 8.62.